The van der Waals surface area contributed by atoms with E-state index in [0.717, 1.165) is 6.07 Å². The van der Waals surface area contributed by atoms with Gasteiger partial charge in [-0.2, -0.15) is 0 Å². The van der Waals surface area contributed by atoms with Crippen LogP contribution in [0.4, 0.5) is 18.9 Å². The Bertz CT molecular complexity index is 977. The lowest BCUT2D eigenvalue weighted by Crippen LogP contribution is -2.32. The lowest BCUT2D eigenvalue weighted by molar-refractivity contribution is -0.121. The van der Waals surface area contributed by atoms with Gasteiger partial charge in [0.1, 0.15) is 0 Å². The maximum atomic E-state index is 13.6. The summed E-state index contributed by atoms with van der Waals surface area (Å²) >= 11 is 0. The number of carbonyl (C=O) groups excluding carboxylic acids is 2. The van der Waals surface area contributed by atoms with Gasteiger partial charge in [-0.15, -0.1) is 0 Å². The van der Waals surface area contributed by atoms with Crippen molar-refractivity contribution in [3.8, 4) is 11.5 Å². The van der Waals surface area contributed by atoms with Gasteiger partial charge in [0.05, 0.1) is 25.9 Å². The number of anilines is 1. The van der Waals surface area contributed by atoms with Gasteiger partial charge in [0.15, 0.2) is 29.0 Å². The van der Waals surface area contributed by atoms with Gasteiger partial charge in [0.2, 0.25) is 11.8 Å². The van der Waals surface area contributed by atoms with Gasteiger partial charge in [-0.3, -0.25) is 9.59 Å². The molecule has 0 unspecified atom stereocenters. The Kier molecular flexibility index (Phi) is 8.48. The van der Waals surface area contributed by atoms with Crippen LogP contribution in [-0.4, -0.2) is 32.1 Å². The molecule has 2 rings (SSSR count). The lowest BCUT2D eigenvalue weighted by Gasteiger charge is -2.12. The Morgan fingerprint density at radius 3 is 2.48 bits per heavy atom. The fourth-order valence-electron chi connectivity index (χ4n) is 2.38. The number of amides is 2. The highest BCUT2D eigenvalue weighted by molar-refractivity contribution is 5.98. The maximum Gasteiger partial charge on any atom is 0.244 e. The molecule has 6 nitrogen and oxygen atoms in total. The van der Waals surface area contributed by atoms with E-state index in [4.69, 9.17) is 9.47 Å². The number of halogens is 3. The SMILES string of the molecule is COc1cc(/C=C/C(=O)NCC(=O)Nc2ccc(F)c(F)c2F)ccc1OCC(C)C. The molecular weight excluding hydrogens is 413 g/mol. The van der Waals surface area contributed by atoms with E-state index in [-0.39, 0.29) is 0 Å². The Balaban J connectivity index is 1.90. The van der Waals surface area contributed by atoms with Gasteiger partial charge < -0.3 is 20.1 Å². The number of carbonyl (C=O) groups is 2. The summed E-state index contributed by atoms with van der Waals surface area (Å²) in [5, 5.41) is 4.37. The van der Waals surface area contributed by atoms with Crippen LogP contribution in [0.5, 0.6) is 11.5 Å². The second kappa shape index (κ2) is 11.1. The van der Waals surface area contributed by atoms with E-state index in [2.05, 4.69) is 10.6 Å². The molecule has 2 aromatic carbocycles. The van der Waals surface area contributed by atoms with Crippen LogP contribution in [0, 0.1) is 23.4 Å². The summed E-state index contributed by atoms with van der Waals surface area (Å²) in [4.78, 5) is 23.7. The van der Waals surface area contributed by atoms with Crippen molar-refractivity contribution in [3.05, 3.63) is 59.4 Å². The summed E-state index contributed by atoms with van der Waals surface area (Å²) in [7, 11) is 1.51. The highest BCUT2D eigenvalue weighted by atomic mass is 19.2. The molecule has 0 atom stereocenters. The van der Waals surface area contributed by atoms with Gasteiger partial charge >= 0.3 is 0 Å². The normalized spacial score (nSPS) is 10.9. The zero-order valence-electron chi connectivity index (χ0n) is 17.3. The van der Waals surface area contributed by atoms with E-state index in [1.807, 2.05) is 13.8 Å². The van der Waals surface area contributed by atoms with Crippen LogP contribution in [-0.2, 0) is 9.59 Å². The van der Waals surface area contributed by atoms with E-state index in [0.29, 0.717) is 35.7 Å². The number of hydrogen-bond acceptors (Lipinski definition) is 4. The molecule has 0 aliphatic heterocycles. The molecule has 0 radical (unpaired) electrons. The third-order valence-electron chi connectivity index (χ3n) is 3.92. The number of ether oxygens (including phenoxy) is 2. The summed E-state index contributed by atoms with van der Waals surface area (Å²) < 4.78 is 50.6. The first-order valence-corrected chi connectivity index (χ1v) is 9.41. The number of nitrogens with one attached hydrogen (secondary N) is 2. The summed E-state index contributed by atoms with van der Waals surface area (Å²) in [6.45, 7) is 4.09. The molecule has 0 saturated heterocycles. The van der Waals surface area contributed by atoms with Gasteiger partial charge in [-0.25, -0.2) is 13.2 Å². The third-order valence-corrected chi connectivity index (χ3v) is 3.92. The van der Waals surface area contributed by atoms with Crippen molar-refractivity contribution in [1.82, 2.24) is 5.32 Å². The Labute approximate surface area is 178 Å². The number of methoxy groups -OCH3 is 1. The van der Waals surface area contributed by atoms with E-state index < -0.39 is 41.5 Å². The Morgan fingerprint density at radius 1 is 1.06 bits per heavy atom. The molecule has 0 bridgehead atoms. The molecule has 2 N–H and O–H groups in total. The molecule has 0 heterocycles. The minimum atomic E-state index is -1.69. The molecule has 0 saturated carbocycles. The molecule has 0 aromatic heterocycles. The number of rotatable bonds is 9. The van der Waals surface area contributed by atoms with E-state index in [1.54, 1.807) is 18.2 Å². The fraction of sp³-hybridized carbons (Fsp3) is 0.273. The van der Waals surface area contributed by atoms with Crippen molar-refractivity contribution in [2.45, 2.75) is 13.8 Å². The highest BCUT2D eigenvalue weighted by Crippen LogP contribution is 2.29. The summed E-state index contributed by atoms with van der Waals surface area (Å²) in [5.74, 6) is -4.53. The highest BCUT2D eigenvalue weighted by Gasteiger charge is 2.15. The third kappa shape index (κ3) is 7.06. The van der Waals surface area contributed by atoms with Crippen molar-refractivity contribution >= 4 is 23.6 Å². The first-order valence-electron chi connectivity index (χ1n) is 9.41. The quantitative estimate of drug-likeness (QED) is 0.462. The van der Waals surface area contributed by atoms with Crippen LogP contribution in [0.15, 0.2) is 36.4 Å². The summed E-state index contributed by atoms with van der Waals surface area (Å²) in [6.07, 6.45) is 2.71. The minimum absolute atomic E-state index is 0.351. The molecule has 0 aliphatic rings. The van der Waals surface area contributed by atoms with E-state index in [9.17, 15) is 22.8 Å². The van der Waals surface area contributed by atoms with E-state index >= 15 is 0 Å². The minimum Gasteiger partial charge on any atom is -0.493 e. The fourth-order valence-corrected chi connectivity index (χ4v) is 2.38. The monoisotopic (exact) mass is 436 g/mol. The predicted molar refractivity (Wildman–Crippen MR) is 110 cm³/mol. The molecular formula is C22H23F3N2O4. The largest absolute Gasteiger partial charge is 0.493 e. The molecule has 166 valence electrons. The first kappa shape index (κ1) is 23.8. The van der Waals surface area contributed by atoms with Gasteiger partial charge in [0.25, 0.3) is 0 Å². The van der Waals surface area contributed by atoms with Crippen LogP contribution >= 0.6 is 0 Å². The lowest BCUT2D eigenvalue weighted by atomic mass is 10.2. The van der Waals surface area contributed by atoms with Crippen molar-refractivity contribution in [2.75, 3.05) is 25.6 Å². The molecule has 31 heavy (non-hydrogen) atoms. The van der Waals surface area contributed by atoms with Crippen molar-refractivity contribution in [3.63, 3.8) is 0 Å². The van der Waals surface area contributed by atoms with Gasteiger partial charge in [-0.1, -0.05) is 19.9 Å². The molecule has 0 aliphatic carbocycles. The van der Waals surface area contributed by atoms with E-state index in [1.165, 1.54) is 19.3 Å². The smallest absolute Gasteiger partial charge is 0.244 e. The van der Waals surface area contributed by atoms with Crippen LogP contribution in [0.2, 0.25) is 0 Å². The number of hydrogen-bond donors (Lipinski definition) is 2. The summed E-state index contributed by atoms with van der Waals surface area (Å²) in [5.41, 5.74) is 0.137. The second-order valence-electron chi connectivity index (χ2n) is 6.94. The Morgan fingerprint density at radius 2 is 1.81 bits per heavy atom. The molecule has 2 amide bonds. The topological polar surface area (TPSA) is 76.7 Å². The predicted octanol–water partition coefficient (Wildman–Crippen LogP) is 3.92. The zero-order chi connectivity index (χ0) is 23.0. The maximum absolute atomic E-state index is 13.6. The second-order valence-corrected chi connectivity index (χ2v) is 6.94. The molecule has 2 aromatic rings. The summed E-state index contributed by atoms with van der Waals surface area (Å²) in [6, 6.07) is 6.72. The average molecular weight is 436 g/mol. The van der Waals surface area contributed by atoms with Crippen LogP contribution < -0.4 is 20.1 Å². The van der Waals surface area contributed by atoms with Crippen LogP contribution in [0.3, 0.4) is 0 Å². The standard InChI is InChI=1S/C22H23F3N2O4/c1-13(2)12-31-17-8-4-14(10-18(17)30-3)5-9-19(28)26-11-20(29)27-16-7-6-15(23)21(24)22(16)25/h4-10,13H,11-12H2,1-3H3,(H,26,28)(H,27,29)/b9-5+. The van der Waals surface area contributed by atoms with Gasteiger partial charge in [0, 0.05) is 6.08 Å². The van der Waals surface area contributed by atoms with Crippen molar-refractivity contribution in [2.24, 2.45) is 5.92 Å². The van der Waals surface area contributed by atoms with Crippen molar-refractivity contribution < 1.29 is 32.2 Å². The Hall–Kier alpha value is -3.49. The first-order chi connectivity index (χ1) is 14.7. The molecule has 0 fully saturated rings. The van der Waals surface area contributed by atoms with Crippen molar-refractivity contribution in [1.29, 1.82) is 0 Å². The molecule has 0 spiro atoms. The zero-order valence-corrected chi connectivity index (χ0v) is 17.3. The van der Waals surface area contributed by atoms with Crippen LogP contribution in [0.25, 0.3) is 6.08 Å². The molecule has 9 heteroatoms. The number of benzene rings is 2. The average Bonchev–Trinajstić information content (AvgIpc) is 2.75. The van der Waals surface area contributed by atoms with Gasteiger partial charge in [-0.05, 0) is 41.8 Å². The van der Waals surface area contributed by atoms with Crippen LogP contribution in [0.1, 0.15) is 19.4 Å².